The van der Waals surface area contributed by atoms with E-state index in [1.54, 1.807) is 6.20 Å². The summed E-state index contributed by atoms with van der Waals surface area (Å²) in [6.07, 6.45) is 4.17. The number of pyridine rings is 1. The first-order valence-electron chi connectivity index (χ1n) is 11.7. The minimum Gasteiger partial charge on any atom is -0.352 e. The Morgan fingerprint density at radius 3 is 2.63 bits per heavy atom. The summed E-state index contributed by atoms with van der Waals surface area (Å²) in [4.78, 5) is 19.5. The maximum Gasteiger partial charge on any atom is 0.226 e. The summed E-state index contributed by atoms with van der Waals surface area (Å²) in [5, 5.41) is 7.09. The Morgan fingerprint density at radius 2 is 1.86 bits per heavy atom. The number of anilines is 1. The molecule has 1 saturated heterocycles. The van der Waals surface area contributed by atoms with Crippen LogP contribution in [0, 0.1) is 6.92 Å². The number of nitrogens with one attached hydrogen (secondary N) is 2. The molecule has 176 valence electrons. The van der Waals surface area contributed by atoms with E-state index in [0.717, 1.165) is 28.3 Å². The number of hydrogen-bond acceptors (Lipinski definition) is 3. The fourth-order valence-corrected chi connectivity index (χ4v) is 4.93. The van der Waals surface area contributed by atoms with Crippen molar-refractivity contribution in [3.05, 3.63) is 114 Å². The molecule has 2 aromatic carbocycles. The van der Waals surface area contributed by atoms with Crippen LogP contribution in [0.15, 0.2) is 97.3 Å². The molecule has 0 aliphatic carbocycles. The van der Waals surface area contributed by atoms with Gasteiger partial charge in [-0.3, -0.25) is 9.78 Å². The van der Waals surface area contributed by atoms with Crippen LogP contribution in [0.5, 0.6) is 0 Å². The van der Waals surface area contributed by atoms with Gasteiger partial charge in [-0.05, 0) is 73.2 Å². The SMILES string of the molecule is Cc1cccc(NC(=O)CCN2C(=S)N[C@@H](c3ccccn3)[C@H]2c2cccn2-c2ccccc2)c1. The molecule has 1 aliphatic heterocycles. The van der Waals surface area contributed by atoms with Crippen molar-refractivity contribution >= 4 is 28.9 Å². The standard InChI is InChI=1S/C28H27N5OS/c1-20-9-7-10-21(19-20)30-25(34)15-18-33-27(26(31-28(33)35)23-13-5-6-16-29-23)24-14-8-17-32(24)22-11-3-2-4-12-22/h2-14,16-17,19,26-27H,15,18H2,1H3,(H,30,34)(H,31,35)/t26-,27+/m0/s1. The van der Waals surface area contributed by atoms with E-state index in [2.05, 4.69) is 49.5 Å². The van der Waals surface area contributed by atoms with Crippen molar-refractivity contribution in [2.45, 2.75) is 25.4 Å². The predicted molar refractivity (Wildman–Crippen MR) is 142 cm³/mol. The van der Waals surface area contributed by atoms with Gasteiger partial charge in [0.05, 0.1) is 17.8 Å². The van der Waals surface area contributed by atoms with Crippen LogP contribution in [-0.4, -0.2) is 32.0 Å². The van der Waals surface area contributed by atoms with E-state index in [1.807, 2.05) is 73.7 Å². The maximum atomic E-state index is 12.8. The van der Waals surface area contributed by atoms with Gasteiger partial charge in [0.2, 0.25) is 5.91 Å². The van der Waals surface area contributed by atoms with Crippen molar-refractivity contribution in [1.29, 1.82) is 0 Å². The summed E-state index contributed by atoms with van der Waals surface area (Å²) in [6.45, 7) is 2.49. The van der Waals surface area contributed by atoms with Crippen LogP contribution >= 0.6 is 12.2 Å². The molecule has 0 spiro atoms. The van der Waals surface area contributed by atoms with Crippen LogP contribution in [0.3, 0.4) is 0 Å². The number of nitrogens with zero attached hydrogens (tertiary/aromatic N) is 3. The number of hydrogen-bond donors (Lipinski definition) is 2. The van der Waals surface area contributed by atoms with Gasteiger partial charge in [-0.25, -0.2) is 0 Å². The van der Waals surface area contributed by atoms with Crippen molar-refractivity contribution in [2.24, 2.45) is 0 Å². The Morgan fingerprint density at radius 1 is 1.03 bits per heavy atom. The average Bonchev–Trinajstić information content (AvgIpc) is 3.48. The smallest absolute Gasteiger partial charge is 0.226 e. The summed E-state index contributed by atoms with van der Waals surface area (Å²) < 4.78 is 2.18. The van der Waals surface area contributed by atoms with E-state index in [-0.39, 0.29) is 18.0 Å². The van der Waals surface area contributed by atoms with E-state index in [0.29, 0.717) is 18.1 Å². The highest BCUT2D eigenvalue weighted by molar-refractivity contribution is 7.80. The summed E-state index contributed by atoms with van der Waals surface area (Å²) in [5.74, 6) is -0.0446. The molecule has 2 atom stereocenters. The van der Waals surface area contributed by atoms with Gasteiger partial charge in [-0.15, -0.1) is 0 Å². The van der Waals surface area contributed by atoms with E-state index < -0.39 is 0 Å². The third kappa shape index (κ3) is 4.95. The van der Waals surface area contributed by atoms with Crippen LogP contribution in [0.1, 0.15) is 35.5 Å². The van der Waals surface area contributed by atoms with Crippen molar-refractivity contribution in [3.8, 4) is 5.69 Å². The topological polar surface area (TPSA) is 62.2 Å². The van der Waals surface area contributed by atoms with E-state index in [4.69, 9.17) is 12.2 Å². The van der Waals surface area contributed by atoms with Crippen molar-refractivity contribution in [1.82, 2.24) is 19.8 Å². The number of carbonyl (C=O) groups excluding carboxylic acids is 1. The number of carbonyl (C=O) groups is 1. The lowest BCUT2D eigenvalue weighted by Crippen LogP contribution is -2.33. The van der Waals surface area contributed by atoms with Gasteiger partial charge < -0.3 is 20.1 Å². The lowest BCUT2D eigenvalue weighted by Gasteiger charge is -2.28. The summed E-state index contributed by atoms with van der Waals surface area (Å²) in [7, 11) is 0. The lowest BCUT2D eigenvalue weighted by molar-refractivity contribution is -0.116. The molecule has 5 rings (SSSR count). The van der Waals surface area contributed by atoms with Gasteiger partial charge in [0.1, 0.15) is 0 Å². The second-order valence-electron chi connectivity index (χ2n) is 8.63. The highest BCUT2D eigenvalue weighted by Crippen LogP contribution is 2.39. The minimum atomic E-state index is -0.138. The van der Waals surface area contributed by atoms with Gasteiger partial charge in [0, 0.05) is 42.4 Å². The van der Waals surface area contributed by atoms with Gasteiger partial charge in [0.15, 0.2) is 5.11 Å². The molecule has 7 heteroatoms. The molecule has 1 aliphatic rings. The molecule has 0 saturated carbocycles. The fourth-order valence-electron chi connectivity index (χ4n) is 4.60. The molecule has 2 aromatic heterocycles. The number of para-hydroxylation sites is 1. The third-order valence-corrected chi connectivity index (χ3v) is 6.55. The summed E-state index contributed by atoms with van der Waals surface area (Å²) in [5.41, 5.74) is 4.97. The number of aryl methyl sites for hydroxylation is 1. The van der Waals surface area contributed by atoms with Crippen LogP contribution in [0.25, 0.3) is 5.69 Å². The molecule has 6 nitrogen and oxygen atoms in total. The maximum absolute atomic E-state index is 12.8. The lowest BCUT2D eigenvalue weighted by atomic mass is 10.0. The van der Waals surface area contributed by atoms with E-state index >= 15 is 0 Å². The van der Waals surface area contributed by atoms with Gasteiger partial charge in [-0.1, -0.05) is 36.4 Å². The number of rotatable bonds is 7. The van der Waals surface area contributed by atoms with Crippen molar-refractivity contribution in [2.75, 3.05) is 11.9 Å². The zero-order valence-electron chi connectivity index (χ0n) is 19.5. The van der Waals surface area contributed by atoms with E-state index in [1.165, 1.54) is 0 Å². The molecule has 0 bridgehead atoms. The molecular formula is C28H27N5OS. The molecule has 35 heavy (non-hydrogen) atoms. The molecule has 4 aromatic rings. The fraction of sp³-hybridized carbons (Fsp3) is 0.179. The van der Waals surface area contributed by atoms with Crippen molar-refractivity contribution < 1.29 is 4.79 Å². The molecule has 0 radical (unpaired) electrons. The Balaban J connectivity index is 1.43. The molecule has 0 unspecified atom stereocenters. The third-order valence-electron chi connectivity index (χ3n) is 6.20. The summed E-state index contributed by atoms with van der Waals surface area (Å²) in [6, 6.07) is 27.8. The van der Waals surface area contributed by atoms with Gasteiger partial charge in [-0.2, -0.15) is 0 Å². The Labute approximate surface area is 210 Å². The first-order valence-corrected chi connectivity index (χ1v) is 12.1. The zero-order chi connectivity index (χ0) is 24.2. The predicted octanol–water partition coefficient (Wildman–Crippen LogP) is 5.18. The van der Waals surface area contributed by atoms with Crippen molar-refractivity contribution in [3.63, 3.8) is 0 Å². The Kier molecular flexibility index (Phi) is 6.59. The molecule has 2 N–H and O–H groups in total. The second kappa shape index (κ2) is 10.1. The highest BCUT2D eigenvalue weighted by Gasteiger charge is 2.41. The average molecular weight is 482 g/mol. The van der Waals surface area contributed by atoms with Crippen LogP contribution < -0.4 is 10.6 Å². The van der Waals surface area contributed by atoms with Gasteiger partial charge in [0.25, 0.3) is 0 Å². The van der Waals surface area contributed by atoms with Crippen LogP contribution in [0.4, 0.5) is 5.69 Å². The summed E-state index contributed by atoms with van der Waals surface area (Å²) >= 11 is 5.77. The monoisotopic (exact) mass is 481 g/mol. The minimum absolute atomic E-state index is 0.0446. The second-order valence-corrected chi connectivity index (χ2v) is 9.01. The first kappa shape index (κ1) is 22.8. The van der Waals surface area contributed by atoms with Crippen LogP contribution in [-0.2, 0) is 4.79 Å². The van der Waals surface area contributed by atoms with Crippen LogP contribution in [0.2, 0.25) is 0 Å². The van der Waals surface area contributed by atoms with Gasteiger partial charge >= 0.3 is 0 Å². The Bertz CT molecular complexity index is 1320. The molecule has 1 fully saturated rings. The normalized spacial score (nSPS) is 17.3. The molecule has 3 heterocycles. The Hall–Kier alpha value is -3.97. The number of aromatic nitrogens is 2. The number of thiocarbonyl (C=S) groups is 1. The largest absolute Gasteiger partial charge is 0.352 e. The number of amides is 1. The highest BCUT2D eigenvalue weighted by atomic mass is 32.1. The van der Waals surface area contributed by atoms with E-state index in [9.17, 15) is 4.79 Å². The molecule has 1 amide bonds. The molecular weight excluding hydrogens is 454 g/mol. The quantitative estimate of drug-likeness (QED) is 0.356. The zero-order valence-corrected chi connectivity index (χ0v) is 20.3. The first-order chi connectivity index (χ1) is 17.1. The number of benzene rings is 2.